The van der Waals surface area contributed by atoms with Crippen molar-refractivity contribution < 1.29 is 19.1 Å². The highest BCUT2D eigenvalue weighted by atomic mass is 32.1. The van der Waals surface area contributed by atoms with Gasteiger partial charge in [0.05, 0.1) is 29.4 Å². The van der Waals surface area contributed by atoms with E-state index < -0.39 is 17.5 Å². The molecule has 2 N–H and O–H groups in total. The van der Waals surface area contributed by atoms with Crippen LogP contribution < -0.4 is 15.4 Å². The van der Waals surface area contributed by atoms with Gasteiger partial charge in [0.2, 0.25) is 0 Å². The number of amides is 4. The van der Waals surface area contributed by atoms with E-state index in [1.54, 1.807) is 35.7 Å². The first kappa shape index (κ1) is 17.6. The second-order valence-electron chi connectivity index (χ2n) is 7.03. The van der Waals surface area contributed by atoms with Crippen molar-refractivity contribution in [1.29, 1.82) is 0 Å². The van der Waals surface area contributed by atoms with Crippen molar-refractivity contribution in [3.63, 3.8) is 0 Å². The Morgan fingerprint density at radius 3 is 2.83 bits per heavy atom. The molecule has 1 aromatic heterocycles. The number of nitrogens with one attached hydrogen (secondary N) is 2. The number of aromatic nitrogens is 1. The summed E-state index contributed by atoms with van der Waals surface area (Å²) >= 11 is 1.45. The van der Waals surface area contributed by atoms with Crippen LogP contribution in [0.15, 0.2) is 41.9 Å². The molecule has 4 amide bonds. The lowest BCUT2D eigenvalue weighted by molar-refractivity contribution is -0.124. The number of nitrogens with zero attached hydrogens (tertiary/aromatic N) is 2. The molecule has 0 aliphatic carbocycles. The van der Waals surface area contributed by atoms with Crippen LogP contribution >= 0.6 is 11.3 Å². The van der Waals surface area contributed by atoms with Gasteiger partial charge in [-0.25, -0.2) is 9.78 Å². The number of rotatable bonds is 4. The minimum atomic E-state index is -1.36. The fraction of sp³-hybridized carbons (Fsp3) is 0.200. The summed E-state index contributed by atoms with van der Waals surface area (Å²) in [4.78, 5) is 43.8. The van der Waals surface area contributed by atoms with Crippen LogP contribution in [-0.4, -0.2) is 41.4 Å². The number of carbonyl (C=O) groups is 3. The number of imide groups is 1. The number of hydrogen-bond acceptors (Lipinski definition) is 6. The van der Waals surface area contributed by atoms with E-state index >= 15 is 0 Å². The molecule has 2 aliphatic rings. The van der Waals surface area contributed by atoms with Gasteiger partial charge >= 0.3 is 6.03 Å². The Morgan fingerprint density at radius 1 is 1.21 bits per heavy atom. The quantitative estimate of drug-likeness (QED) is 0.643. The summed E-state index contributed by atoms with van der Waals surface area (Å²) in [6, 6.07) is 10.2. The molecule has 2 aromatic carbocycles. The molecular weight excluding hydrogens is 392 g/mol. The predicted octanol–water partition coefficient (Wildman–Crippen LogP) is 2.00. The molecule has 3 aromatic rings. The first-order valence-corrected chi connectivity index (χ1v) is 9.82. The third kappa shape index (κ3) is 2.65. The monoisotopic (exact) mass is 408 g/mol. The van der Waals surface area contributed by atoms with E-state index in [4.69, 9.17) is 4.74 Å². The van der Waals surface area contributed by atoms with Crippen molar-refractivity contribution in [2.45, 2.75) is 12.1 Å². The normalized spacial score (nSPS) is 20.7. The van der Waals surface area contributed by atoms with Gasteiger partial charge < -0.3 is 15.0 Å². The number of thiazole rings is 1. The molecule has 3 heterocycles. The molecule has 5 rings (SSSR count). The highest BCUT2D eigenvalue weighted by Crippen LogP contribution is 2.34. The number of methoxy groups -OCH3 is 1. The van der Waals surface area contributed by atoms with Crippen LogP contribution in [0.5, 0.6) is 5.75 Å². The van der Waals surface area contributed by atoms with Crippen molar-refractivity contribution in [3.05, 3.63) is 58.6 Å². The topological polar surface area (TPSA) is 101 Å². The fourth-order valence-corrected chi connectivity index (χ4v) is 4.62. The Labute approximate surface area is 169 Å². The lowest BCUT2D eigenvalue weighted by Crippen LogP contribution is -2.52. The third-order valence-corrected chi connectivity index (χ3v) is 6.18. The lowest BCUT2D eigenvalue weighted by Gasteiger charge is -2.31. The summed E-state index contributed by atoms with van der Waals surface area (Å²) in [6.45, 7) is 0.372. The molecule has 146 valence electrons. The molecule has 0 radical (unpaired) electrons. The number of urea groups is 1. The summed E-state index contributed by atoms with van der Waals surface area (Å²) in [7, 11) is 1.54. The molecule has 2 aliphatic heterocycles. The number of benzene rings is 2. The minimum Gasteiger partial charge on any atom is -0.497 e. The van der Waals surface area contributed by atoms with Gasteiger partial charge in [-0.2, -0.15) is 0 Å². The summed E-state index contributed by atoms with van der Waals surface area (Å²) < 4.78 is 6.11. The first-order valence-electron chi connectivity index (χ1n) is 8.94. The highest BCUT2D eigenvalue weighted by molar-refractivity contribution is 7.16. The van der Waals surface area contributed by atoms with Gasteiger partial charge in [0.25, 0.3) is 11.8 Å². The van der Waals surface area contributed by atoms with E-state index in [2.05, 4.69) is 15.6 Å². The van der Waals surface area contributed by atoms with E-state index in [1.807, 2.05) is 18.2 Å². The molecule has 1 fully saturated rings. The van der Waals surface area contributed by atoms with Crippen LogP contribution in [0.2, 0.25) is 0 Å². The summed E-state index contributed by atoms with van der Waals surface area (Å²) in [5.74, 6) is -0.0879. The number of hydrogen-bond donors (Lipinski definition) is 2. The Balaban J connectivity index is 1.54. The maximum absolute atomic E-state index is 13.0. The van der Waals surface area contributed by atoms with E-state index in [0.29, 0.717) is 23.4 Å². The Hall–Kier alpha value is -3.46. The van der Waals surface area contributed by atoms with Crippen LogP contribution in [0.4, 0.5) is 4.79 Å². The third-order valence-electron chi connectivity index (χ3n) is 5.39. The number of fused-ring (bicyclic) bond motifs is 2. The van der Waals surface area contributed by atoms with E-state index in [-0.39, 0.29) is 12.5 Å². The van der Waals surface area contributed by atoms with E-state index in [0.717, 1.165) is 15.8 Å². The summed E-state index contributed by atoms with van der Waals surface area (Å²) in [5.41, 5.74) is 3.18. The Kier molecular flexibility index (Phi) is 3.82. The van der Waals surface area contributed by atoms with Gasteiger partial charge in [0, 0.05) is 12.1 Å². The number of ether oxygens (including phenoxy) is 1. The summed E-state index contributed by atoms with van der Waals surface area (Å²) in [5, 5.41) is 5.07. The maximum Gasteiger partial charge on any atom is 0.322 e. The van der Waals surface area contributed by atoms with Gasteiger partial charge in [-0.05, 0) is 35.4 Å². The van der Waals surface area contributed by atoms with Gasteiger partial charge in [-0.15, -0.1) is 11.3 Å². The minimum absolute atomic E-state index is 0.0186. The van der Waals surface area contributed by atoms with Gasteiger partial charge in [0.1, 0.15) is 5.75 Å². The SMILES string of the molecule is COc1ccc2c(c1)C(=O)N(CC1(c3ccc4ncsc4c3)NC(=O)NC1=O)C2. The molecule has 29 heavy (non-hydrogen) atoms. The Bertz CT molecular complexity index is 1190. The molecular formula is C20H16N4O4S. The van der Waals surface area contributed by atoms with Crippen molar-refractivity contribution >= 4 is 39.4 Å². The molecule has 0 saturated carbocycles. The van der Waals surface area contributed by atoms with Crippen molar-refractivity contribution in [3.8, 4) is 5.75 Å². The largest absolute Gasteiger partial charge is 0.497 e. The van der Waals surface area contributed by atoms with Gasteiger partial charge in [0.15, 0.2) is 5.54 Å². The molecule has 1 unspecified atom stereocenters. The van der Waals surface area contributed by atoms with Crippen molar-refractivity contribution in [1.82, 2.24) is 20.5 Å². The summed E-state index contributed by atoms with van der Waals surface area (Å²) in [6.07, 6.45) is 0. The number of carbonyl (C=O) groups excluding carboxylic acids is 3. The predicted molar refractivity (Wildman–Crippen MR) is 106 cm³/mol. The first-order chi connectivity index (χ1) is 14.0. The van der Waals surface area contributed by atoms with Crippen molar-refractivity contribution in [2.75, 3.05) is 13.7 Å². The maximum atomic E-state index is 13.0. The Morgan fingerprint density at radius 2 is 2.07 bits per heavy atom. The highest BCUT2D eigenvalue weighted by Gasteiger charge is 2.50. The van der Waals surface area contributed by atoms with Crippen LogP contribution in [-0.2, 0) is 16.9 Å². The van der Waals surface area contributed by atoms with Gasteiger partial charge in [-0.3, -0.25) is 14.9 Å². The lowest BCUT2D eigenvalue weighted by atomic mass is 9.89. The van der Waals surface area contributed by atoms with E-state index in [9.17, 15) is 14.4 Å². The zero-order valence-electron chi connectivity index (χ0n) is 15.4. The van der Waals surface area contributed by atoms with Crippen LogP contribution in [0, 0.1) is 0 Å². The second kappa shape index (κ2) is 6.28. The molecule has 9 heteroatoms. The van der Waals surface area contributed by atoms with Crippen LogP contribution in [0.3, 0.4) is 0 Å². The molecule has 0 spiro atoms. The standard InChI is InChI=1S/C20H16N4O4S/c1-28-13-4-2-11-8-24(17(25)14(11)7-13)9-20(18(26)22-19(27)23-20)12-3-5-15-16(6-12)29-10-21-15/h2-7,10H,8-9H2,1H3,(H2,22,23,26,27). The molecule has 1 atom stereocenters. The van der Waals surface area contributed by atoms with Gasteiger partial charge in [-0.1, -0.05) is 12.1 Å². The van der Waals surface area contributed by atoms with E-state index in [1.165, 1.54) is 11.3 Å². The zero-order chi connectivity index (χ0) is 20.2. The van der Waals surface area contributed by atoms with Crippen molar-refractivity contribution in [2.24, 2.45) is 0 Å². The average Bonchev–Trinajstić information content (AvgIpc) is 3.38. The average molecular weight is 408 g/mol. The zero-order valence-corrected chi connectivity index (χ0v) is 16.2. The fourth-order valence-electron chi connectivity index (χ4n) is 3.90. The van der Waals surface area contributed by atoms with Crippen LogP contribution in [0.1, 0.15) is 21.5 Å². The molecule has 1 saturated heterocycles. The molecule has 8 nitrogen and oxygen atoms in total. The molecule has 0 bridgehead atoms. The second-order valence-corrected chi connectivity index (χ2v) is 7.92. The smallest absolute Gasteiger partial charge is 0.322 e. The van der Waals surface area contributed by atoms with Crippen LogP contribution in [0.25, 0.3) is 10.2 Å².